The van der Waals surface area contributed by atoms with Crippen molar-refractivity contribution >= 4 is 39.7 Å². The Kier molecular flexibility index (Phi) is 4.34. The largest absolute Gasteiger partial charge is 0.479 e. The lowest BCUT2D eigenvalue weighted by Gasteiger charge is -2.10. The molecular formula is C17H14N2O3S. The highest BCUT2D eigenvalue weighted by atomic mass is 32.1. The summed E-state index contributed by atoms with van der Waals surface area (Å²) in [7, 11) is 0. The highest BCUT2D eigenvalue weighted by molar-refractivity contribution is 7.19. The Labute approximate surface area is 136 Å². The smallest absolute Gasteiger partial charge is 0.344 e. The van der Waals surface area contributed by atoms with E-state index in [4.69, 9.17) is 9.84 Å². The number of carboxylic acids is 1. The van der Waals surface area contributed by atoms with Crippen LogP contribution in [0.2, 0.25) is 0 Å². The van der Waals surface area contributed by atoms with Crippen molar-refractivity contribution in [1.29, 1.82) is 0 Å². The number of thiazole rings is 1. The van der Waals surface area contributed by atoms with Gasteiger partial charge in [0.15, 0.2) is 6.10 Å². The number of pyridine rings is 1. The summed E-state index contributed by atoms with van der Waals surface area (Å²) in [5.74, 6) is -0.468. The Morgan fingerprint density at radius 3 is 3.00 bits per heavy atom. The minimum absolute atomic E-state index is 0.524. The summed E-state index contributed by atoms with van der Waals surface area (Å²) in [6, 6.07) is 9.21. The molecule has 23 heavy (non-hydrogen) atoms. The van der Waals surface area contributed by atoms with Crippen molar-refractivity contribution in [3.05, 3.63) is 53.3 Å². The topological polar surface area (TPSA) is 72.3 Å². The zero-order valence-electron chi connectivity index (χ0n) is 12.3. The van der Waals surface area contributed by atoms with Gasteiger partial charge in [0.1, 0.15) is 16.3 Å². The molecule has 6 heteroatoms. The molecule has 0 saturated carbocycles. The maximum Gasteiger partial charge on any atom is 0.344 e. The molecule has 1 aromatic carbocycles. The standard InChI is InChI=1S/C17H14N2O3S/c1-11(17(20)21)22-13-4-2-3-12(9-13)5-6-16-19-14-10-18-8-7-15(14)23-16/h2-11H,1H3,(H,20,21)/b6-5+. The third kappa shape index (κ3) is 3.73. The Hall–Kier alpha value is -2.73. The molecule has 1 unspecified atom stereocenters. The van der Waals surface area contributed by atoms with Gasteiger partial charge < -0.3 is 9.84 Å². The number of fused-ring (bicyclic) bond motifs is 1. The number of hydrogen-bond donors (Lipinski definition) is 1. The van der Waals surface area contributed by atoms with E-state index in [0.717, 1.165) is 20.8 Å². The van der Waals surface area contributed by atoms with E-state index in [2.05, 4.69) is 9.97 Å². The number of carbonyl (C=O) groups is 1. The molecule has 3 aromatic rings. The number of nitrogens with zero attached hydrogens (tertiary/aromatic N) is 2. The molecule has 0 spiro atoms. The fourth-order valence-corrected chi connectivity index (χ4v) is 2.82. The Bertz CT molecular complexity index is 840. The van der Waals surface area contributed by atoms with Crippen LogP contribution in [0.15, 0.2) is 42.7 Å². The molecule has 0 amide bonds. The van der Waals surface area contributed by atoms with Crippen molar-refractivity contribution in [2.24, 2.45) is 0 Å². The highest BCUT2D eigenvalue weighted by Crippen LogP contribution is 2.23. The maximum atomic E-state index is 10.8. The fourth-order valence-electron chi connectivity index (χ4n) is 1.98. The Morgan fingerprint density at radius 2 is 2.22 bits per heavy atom. The zero-order chi connectivity index (χ0) is 16.2. The van der Waals surface area contributed by atoms with Gasteiger partial charge in [-0.2, -0.15) is 0 Å². The van der Waals surface area contributed by atoms with Gasteiger partial charge in [0.2, 0.25) is 0 Å². The van der Waals surface area contributed by atoms with E-state index in [9.17, 15) is 4.79 Å². The third-order valence-electron chi connectivity index (χ3n) is 3.14. The molecule has 0 fully saturated rings. The van der Waals surface area contributed by atoms with Crippen LogP contribution in [0.4, 0.5) is 0 Å². The second-order valence-electron chi connectivity index (χ2n) is 4.90. The first kappa shape index (κ1) is 15.2. The lowest BCUT2D eigenvalue weighted by molar-refractivity contribution is -0.144. The van der Waals surface area contributed by atoms with Gasteiger partial charge >= 0.3 is 5.97 Å². The quantitative estimate of drug-likeness (QED) is 0.774. The van der Waals surface area contributed by atoms with Crippen LogP contribution >= 0.6 is 11.3 Å². The average Bonchev–Trinajstić information content (AvgIpc) is 2.96. The molecule has 5 nitrogen and oxygen atoms in total. The van der Waals surface area contributed by atoms with E-state index in [-0.39, 0.29) is 0 Å². The summed E-state index contributed by atoms with van der Waals surface area (Å²) < 4.78 is 6.45. The molecule has 116 valence electrons. The zero-order valence-corrected chi connectivity index (χ0v) is 13.2. The number of benzene rings is 1. The molecule has 0 radical (unpaired) electrons. The molecule has 0 aliphatic heterocycles. The van der Waals surface area contributed by atoms with E-state index in [1.54, 1.807) is 35.9 Å². The first-order valence-corrected chi connectivity index (χ1v) is 7.81. The molecule has 0 saturated heterocycles. The van der Waals surface area contributed by atoms with Crippen LogP contribution in [0.1, 0.15) is 17.5 Å². The number of aliphatic carboxylic acids is 1. The van der Waals surface area contributed by atoms with Crippen LogP contribution in [-0.4, -0.2) is 27.1 Å². The van der Waals surface area contributed by atoms with Gasteiger partial charge in [-0.05, 0) is 36.8 Å². The first-order valence-electron chi connectivity index (χ1n) is 7.00. The van der Waals surface area contributed by atoms with Gasteiger partial charge in [0.05, 0.1) is 10.9 Å². The summed E-state index contributed by atoms with van der Waals surface area (Å²) in [5.41, 5.74) is 1.79. The van der Waals surface area contributed by atoms with Crippen LogP contribution in [0.25, 0.3) is 22.4 Å². The predicted octanol–water partition coefficient (Wildman–Crippen LogP) is 3.71. The van der Waals surface area contributed by atoms with Crippen molar-refractivity contribution in [2.75, 3.05) is 0 Å². The molecule has 2 heterocycles. The van der Waals surface area contributed by atoms with Gasteiger partial charge in [-0.15, -0.1) is 11.3 Å². The lowest BCUT2D eigenvalue weighted by atomic mass is 10.2. The van der Waals surface area contributed by atoms with Crippen molar-refractivity contribution in [1.82, 2.24) is 9.97 Å². The summed E-state index contributed by atoms with van der Waals surface area (Å²) >= 11 is 1.59. The van der Waals surface area contributed by atoms with Crippen molar-refractivity contribution in [2.45, 2.75) is 13.0 Å². The van der Waals surface area contributed by atoms with Crippen LogP contribution in [-0.2, 0) is 4.79 Å². The Balaban J connectivity index is 1.78. The second-order valence-corrected chi connectivity index (χ2v) is 5.96. The summed E-state index contributed by atoms with van der Waals surface area (Å²) in [5, 5.41) is 9.77. The van der Waals surface area contributed by atoms with Gasteiger partial charge in [-0.3, -0.25) is 4.98 Å². The lowest BCUT2D eigenvalue weighted by Crippen LogP contribution is -2.22. The summed E-state index contributed by atoms with van der Waals surface area (Å²) in [4.78, 5) is 19.4. The molecule has 3 rings (SSSR count). The molecule has 1 N–H and O–H groups in total. The third-order valence-corrected chi connectivity index (χ3v) is 4.15. The molecular weight excluding hydrogens is 312 g/mol. The van der Waals surface area contributed by atoms with Crippen LogP contribution in [0, 0.1) is 0 Å². The maximum absolute atomic E-state index is 10.8. The van der Waals surface area contributed by atoms with Crippen molar-refractivity contribution in [3.63, 3.8) is 0 Å². The van der Waals surface area contributed by atoms with Crippen LogP contribution in [0.5, 0.6) is 5.75 Å². The van der Waals surface area contributed by atoms with Crippen molar-refractivity contribution in [3.8, 4) is 5.75 Å². The number of aromatic nitrogens is 2. The molecule has 0 bridgehead atoms. The van der Waals surface area contributed by atoms with E-state index >= 15 is 0 Å². The highest BCUT2D eigenvalue weighted by Gasteiger charge is 2.12. The van der Waals surface area contributed by atoms with Gasteiger partial charge in [-0.1, -0.05) is 18.2 Å². The van der Waals surface area contributed by atoms with E-state index in [1.807, 2.05) is 30.4 Å². The second kappa shape index (κ2) is 6.58. The molecule has 2 aromatic heterocycles. The monoisotopic (exact) mass is 326 g/mol. The number of carboxylic acid groups (broad SMARTS) is 1. The molecule has 0 aliphatic carbocycles. The number of rotatable bonds is 5. The molecule has 0 aliphatic rings. The SMILES string of the molecule is CC(Oc1cccc(/C=C/c2nc3cnccc3s2)c1)C(=O)O. The number of ether oxygens (including phenoxy) is 1. The minimum atomic E-state index is -0.992. The average molecular weight is 326 g/mol. The minimum Gasteiger partial charge on any atom is -0.479 e. The van der Waals surface area contributed by atoms with Gasteiger partial charge in [-0.25, -0.2) is 9.78 Å². The summed E-state index contributed by atoms with van der Waals surface area (Å²) in [6.07, 6.45) is 6.45. The van der Waals surface area contributed by atoms with Crippen molar-refractivity contribution < 1.29 is 14.6 Å². The van der Waals surface area contributed by atoms with E-state index in [1.165, 1.54) is 6.92 Å². The predicted molar refractivity (Wildman–Crippen MR) is 90.5 cm³/mol. The van der Waals surface area contributed by atoms with Gasteiger partial charge in [0.25, 0.3) is 0 Å². The number of hydrogen-bond acceptors (Lipinski definition) is 5. The summed E-state index contributed by atoms with van der Waals surface area (Å²) in [6.45, 7) is 1.50. The van der Waals surface area contributed by atoms with E-state index in [0.29, 0.717) is 5.75 Å². The van der Waals surface area contributed by atoms with E-state index < -0.39 is 12.1 Å². The normalized spacial score (nSPS) is 12.6. The fraction of sp³-hybridized carbons (Fsp3) is 0.118. The van der Waals surface area contributed by atoms with Crippen LogP contribution < -0.4 is 4.74 Å². The first-order chi connectivity index (χ1) is 11.1. The molecule has 1 atom stereocenters. The van der Waals surface area contributed by atoms with Crippen LogP contribution in [0.3, 0.4) is 0 Å². The Morgan fingerprint density at radius 1 is 1.35 bits per heavy atom. The van der Waals surface area contributed by atoms with Gasteiger partial charge in [0, 0.05) is 6.20 Å².